The van der Waals surface area contributed by atoms with Gasteiger partial charge >= 0.3 is 0 Å². The minimum absolute atomic E-state index is 0.0377. The van der Waals surface area contributed by atoms with Gasteiger partial charge in [0.1, 0.15) is 0 Å². The fourth-order valence-electron chi connectivity index (χ4n) is 9.39. The summed E-state index contributed by atoms with van der Waals surface area (Å²) < 4.78 is 0.247. The zero-order chi connectivity index (χ0) is 29.3. The quantitative estimate of drug-likeness (QED) is 0.284. The lowest BCUT2D eigenvalue weighted by molar-refractivity contribution is -0.156. The lowest BCUT2D eigenvalue weighted by Crippen LogP contribution is -2.71. The average Bonchev–Trinajstić information content (AvgIpc) is 3.56. The average molecular weight is 932 g/mol. The van der Waals surface area contributed by atoms with Crippen molar-refractivity contribution >= 4 is 130 Å². The van der Waals surface area contributed by atoms with E-state index in [1.807, 2.05) is 36.4 Å². The first-order valence-electron chi connectivity index (χ1n) is 13.6. The Morgan fingerprint density at radius 3 is 1.30 bits per heavy atom. The predicted octanol–water partition coefficient (Wildman–Crippen LogP) is 10.1. The second-order valence-electron chi connectivity index (χ2n) is 13.2. The molecule has 6 unspecified atom stereocenters. The number of hydrogen-bond donors (Lipinski definition) is 2. The molecule has 0 aromatic heterocycles. The lowest BCUT2D eigenvalue weighted by Gasteiger charge is -2.66. The van der Waals surface area contributed by atoms with Crippen LogP contribution in [0.3, 0.4) is 0 Å². The highest BCUT2D eigenvalue weighted by atomic mass is 79.9. The molecule has 0 heterocycles. The van der Waals surface area contributed by atoms with Crippen LogP contribution >= 0.6 is 95.6 Å². The third-order valence-electron chi connectivity index (χ3n) is 12.2. The lowest BCUT2D eigenvalue weighted by atomic mass is 9.43. The number of hydrogen-bond acceptors (Lipinski definition) is 2. The van der Waals surface area contributed by atoms with Crippen molar-refractivity contribution < 1.29 is 9.59 Å². The van der Waals surface area contributed by atoms with Crippen LogP contribution in [0.15, 0.2) is 36.4 Å². The molecule has 0 saturated heterocycles. The van der Waals surface area contributed by atoms with Gasteiger partial charge in [-0.3, -0.25) is 9.59 Å². The third kappa shape index (κ3) is 3.18. The van der Waals surface area contributed by atoms with E-state index >= 15 is 0 Å². The summed E-state index contributed by atoms with van der Waals surface area (Å²) in [4.78, 5) is 28.2. The molecule has 6 aliphatic rings. The van der Waals surface area contributed by atoms with E-state index in [4.69, 9.17) is 0 Å². The second-order valence-corrected chi connectivity index (χ2v) is 21.2. The molecular weight excluding hydrogens is 900 g/mol. The maximum Gasteiger partial charge on any atom is 0.232 e. The van der Waals surface area contributed by atoms with Crippen molar-refractivity contribution in [1.29, 1.82) is 0 Å². The smallest absolute Gasteiger partial charge is 0.232 e. The molecule has 6 aliphatic carbocycles. The van der Waals surface area contributed by atoms with Gasteiger partial charge in [0.05, 0.1) is 18.3 Å². The number of carbonyl (C=O) groups is 2. The van der Waals surface area contributed by atoms with Crippen LogP contribution in [0.1, 0.15) is 53.4 Å². The Labute approximate surface area is 286 Å². The Bertz CT molecular complexity index is 1340. The van der Waals surface area contributed by atoms with E-state index in [0.29, 0.717) is 0 Å². The summed E-state index contributed by atoms with van der Waals surface area (Å²) >= 11 is 23.0. The molecule has 6 fully saturated rings. The van der Waals surface area contributed by atoms with Gasteiger partial charge in [-0.15, -0.1) is 0 Å². The van der Waals surface area contributed by atoms with Gasteiger partial charge in [0.25, 0.3) is 0 Å². The van der Waals surface area contributed by atoms with Crippen LogP contribution in [0.25, 0.3) is 10.8 Å². The molecule has 6 saturated carbocycles. The highest BCUT2D eigenvalue weighted by molar-refractivity contribution is 9.25. The molecule has 0 radical (unpaired) electrons. The molecule has 0 spiro atoms. The molecule has 0 aliphatic heterocycles. The minimum atomic E-state index is -0.502. The normalized spacial score (nSPS) is 38.3. The maximum atomic E-state index is 14.0. The number of fused-ring (bicyclic) bond motifs is 3. The Morgan fingerprint density at radius 1 is 0.675 bits per heavy atom. The van der Waals surface area contributed by atoms with Crippen molar-refractivity contribution in [2.45, 2.75) is 70.5 Å². The van der Waals surface area contributed by atoms with Crippen LogP contribution in [0.5, 0.6) is 0 Å². The molecule has 8 rings (SSSR count). The number of rotatable bonds is 6. The summed E-state index contributed by atoms with van der Waals surface area (Å²) in [5, 5.41) is 8.44. The molecule has 10 heteroatoms. The number of nitrogens with one attached hydrogen (secondary N) is 2. The number of benzene rings is 2. The van der Waals surface area contributed by atoms with Gasteiger partial charge in [-0.1, -0.05) is 148 Å². The molecular formula is C30H32Br6N2O2. The van der Waals surface area contributed by atoms with Gasteiger partial charge < -0.3 is 10.6 Å². The van der Waals surface area contributed by atoms with Gasteiger partial charge in [0.2, 0.25) is 11.8 Å². The standard InChI is InChI=1S/C30H32Br6N2O2/c1-25(2)27(21(33)34)11-13-29(25,19(27)31)23(39)37-17-9-5-8-16-15(17)7-6-10-18(16)38-24(40)30-14-12-28(20(30)32,22(35)36)26(30,3)4/h5-10,19-22H,11-14H2,1-4H3,(H,37,39)(H,38,40). The molecule has 2 N–H and O–H groups in total. The van der Waals surface area contributed by atoms with Crippen molar-refractivity contribution in [2.75, 3.05) is 10.6 Å². The Morgan fingerprint density at radius 2 is 1.02 bits per heavy atom. The summed E-state index contributed by atoms with van der Waals surface area (Å²) in [5.41, 5.74) is 0.0685. The first-order valence-corrected chi connectivity index (χ1v) is 19.1. The van der Waals surface area contributed by atoms with Gasteiger partial charge in [-0.05, 0) is 48.6 Å². The molecule has 216 valence electrons. The van der Waals surface area contributed by atoms with Crippen molar-refractivity contribution in [1.82, 2.24) is 0 Å². The van der Waals surface area contributed by atoms with Crippen LogP contribution in [-0.2, 0) is 9.59 Å². The van der Waals surface area contributed by atoms with Gasteiger partial charge in [-0.2, -0.15) is 0 Å². The fourth-order valence-corrected chi connectivity index (χ4v) is 19.2. The van der Waals surface area contributed by atoms with E-state index in [-0.39, 0.29) is 50.6 Å². The summed E-state index contributed by atoms with van der Waals surface area (Å²) in [6.07, 6.45) is 3.60. The number of anilines is 2. The molecule has 4 nitrogen and oxygen atoms in total. The SMILES string of the molecule is CC1(C)C2(C(=O)Nc3cccc4c(NC(=O)C56CCC(C(Br)Br)(C5Br)C6(C)C)cccc34)CCC1(C(Br)Br)C2Br. The number of halogens is 6. The van der Waals surface area contributed by atoms with Crippen molar-refractivity contribution in [2.24, 2.45) is 32.5 Å². The Balaban J connectivity index is 1.29. The van der Waals surface area contributed by atoms with Crippen LogP contribution in [-0.4, -0.2) is 28.9 Å². The monoisotopic (exact) mass is 926 g/mol. The van der Waals surface area contributed by atoms with Gasteiger partial charge in [-0.25, -0.2) is 0 Å². The summed E-state index contributed by atoms with van der Waals surface area (Å²) in [5.74, 6) is 0.0995. The summed E-state index contributed by atoms with van der Waals surface area (Å²) in [6, 6.07) is 11.8. The van der Waals surface area contributed by atoms with Crippen LogP contribution < -0.4 is 10.6 Å². The third-order valence-corrected chi connectivity index (χ3v) is 18.7. The summed E-state index contributed by atoms with van der Waals surface area (Å²) in [7, 11) is 0. The molecule has 40 heavy (non-hydrogen) atoms. The molecule has 2 aromatic rings. The second kappa shape index (κ2) is 9.51. The van der Waals surface area contributed by atoms with E-state index in [1.54, 1.807) is 0 Å². The number of amides is 2. The first kappa shape index (κ1) is 30.5. The van der Waals surface area contributed by atoms with Crippen molar-refractivity contribution in [3.8, 4) is 0 Å². The van der Waals surface area contributed by atoms with Crippen molar-refractivity contribution in [3.05, 3.63) is 36.4 Å². The highest BCUT2D eigenvalue weighted by Gasteiger charge is 2.84. The van der Waals surface area contributed by atoms with Gasteiger partial charge in [0.15, 0.2) is 0 Å². The highest BCUT2D eigenvalue weighted by Crippen LogP contribution is 2.83. The van der Waals surface area contributed by atoms with E-state index in [2.05, 4.69) is 134 Å². The molecule has 4 bridgehead atoms. The topological polar surface area (TPSA) is 58.2 Å². The van der Waals surface area contributed by atoms with Crippen LogP contribution in [0, 0.1) is 32.5 Å². The molecule has 2 amide bonds. The van der Waals surface area contributed by atoms with Crippen LogP contribution in [0.4, 0.5) is 11.4 Å². The van der Waals surface area contributed by atoms with E-state index < -0.39 is 10.8 Å². The zero-order valence-corrected chi connectivity index (χ0v) is 32.2. The zero-order valence-electron chi connectivity index (χ0n) is 22.7. The first-order chi connectivity index (χ1) is 18.6. The van der Waals surface area contributed by atoms with Crippen LogP contribution in [0.2, 0.25) is 0 Å². The molecule has 2 aromatic carbocycles. The van der Waals surface area contributed by atoms with Crippen molar-refractivity contribution in [3.63, 3.8) is 0 Å². The maximum absolute atomic E-state index is 14.0. The number of alkyl halides is 6. The minimum Gasteiger partial charge on any atom is -0.325 e. The Hall–Kier alpha value is 0.520. The van der Waals surface area contributed by atoms with Gasteiger partial charge in [0, 0.05) is 42.6 Å². The van der Waals surface area contributed by atoms with E-state index in [9.17, 15) is 9.59 Å². The Kier molecular flexibility index (Phi) is 7.26. The molecule has 6 atom stereocenters. The fraction of sp³-hybridized carbons (Fsp3) is 0.600. The van der Waals surface area contributed by atoms with E-state index in [0.717, 1.165) is 47.8 Å². The largest absolute Gasteiger partial charge is 0.325 e. The number of carbonyl (C=O) groups excluding carboxylic acids is 2. The predicted molar refractivity (Wildman–Crippen MR) is 186 cm³/mol. The summed E-state index contributed by atoms with van der Waals surface area (Å²) in [6.45, 7) is 8.86. The van der Waals surface area contributed by atoms with E-state index in [1.165, 1.54) is 0 Å².